The summed E-state index contributed by atoms with van der Waals surface area (Å²) in [5.41, 5.74) is -1.35. The molecule has 1 saturated carbocycles. The molecule has 1 heterocycles. The molecule has 122 valence electrons. The van der Waals surface area contributed by atoms with Crippen LogP contribution in [0.2, 0.25) is 0 Å². The maximum Gasteiger partial charge on any atom is 0.325 e. The third-order valence-corrected chi connectivity index (χ3v) is 6.59. The van der Waals surface area contributed by atoms with Crippen molar-refractivity contribution in [2.45, 2.75) is 57.9 Å². The van der Waals surface area contributed by atoms with Gasteiger partial charge in [0.25, 0.3) is 10.2 Å². The van der Waals surface area contributed by atoms with Crippen LogP contribution in [0.15, 0.2) is 0 Å². The minimum Gasteiger partial charge on any atom is -0.480 e. The van der Waals surface area contributed by atoms with Crippen LogP contribution in [0.1, 0.15) is 52.4 Å². The van der Waals surface area contributed by atoms with Crippen molar-refractivity contribution < 1.29 is 18.3 Å². The van der Waals surface area contributed by atoms with Crippen LogP contribution in [0, 0.1) is 11.8 Å². The Morgan fingerprint density at radius 1 is 1.24 bits per heavy atom. The van der Waals surface area contributed by atoms with Gasteiger partial charge in [0, 0.05) is 13.1 Å². The van der Waals surface area contributed by atoms with Crippen LogP contribution in [-0.2, 0) is 15.0 Å². The molecule has 6 nitrogen and oxygen atoms in total. The average Bonchev–Trinajstić information content (AvgIpc) is 2.41. The van der Waals surface area contributed by atoms with Gasteiger partial charge in [-0.2, -0.15) is 17.4 Å². The number of carboxylic acid groups (broad SMARTS) is 1. The number of carbonyl (C=O) groups is 1. The molecule has 1 aliphatic carbocycles. The largest absolute Gasteiger partial charge is 0.480 e. The van der Waals surface area contributed by atoms with Crippen molar-refractivity contribution in [1.29, 1.82) is 0 Å². The molecule has 2 fully saturated rings. The summed E-state index contributed by atoms with van der Waals surface area (Å²) in [4.78, 5) is 11.8. The van der Waals surface area contributed by atoms with E-state index in [2.05, 4.69) is 4.72 Å². The van der Waals surface area contributed by atoms with Crippen molar-refractivity contribution in [3.8, 4) is 0 Å². The van der Waals surface area contributed by atoms with Crippen LogP contribution < -0.4 is 4.72 Å². The number of aliphatic carboxylic acids is 1. The lowest BCUT2D eigenvalue weighted by Crippen LogP contribution is -2.63. The molecule has 7 heteroatoms. The molecule has 3 atom stereocenters. The highest BCUT2D eigenvalue weighted by Crippen LogP contribution is 2.35. The molecule has 0 aromatic rings. The van der Waals surface area contributed by atoms with E-state index in [1.165, 1.54) is 4.31 Å². The van der Waals surface area contributed by atoms with E-state index in [1.54, 1.807) is 0 Å². The Morgan fingerprint density at radius 3 is 2.52 bits per heavy atom. The summed E-state index contributed by atoms with van der Waals surface area (Å²) in [5, 5.41) is 9.63. The Kier molecular flexibility index (Phi) is 4.95. The lowest BCUT2D eigenvalue weighted by molar-refractivity contribution is -0.147. The van der Waals surface area contributed by atoms with E-state index in [1.807, 2.05) is 13.8 Å². The van der Waals surface area contributed by atoms with Crippen LogP contribution >= 0.6 is 0 Å². The van der Waals surface area contributed by atoms with Gasteiger partial charge in [0.2, 0.25) is 0 Å². The summed E-state index contributed by atoms with van der Waals surface area (Å²) >= 11 is 0. The zero-order valence-electron chi connectivity index (χ0n) is 12.8. The van der Waals surface area contributed by atoms with Gasteiger partial charge in [-0.25, -0.2) is 0 Å². The van der Waals surface area contributed by atoms with Gasteiger partial charge in [-0.1, -0.05) is 26.7 Å². The Morgan fingerprint density at radius 2 is 1.95 bits per heavy atom. The number of hydrogen-bond acceptors (Lipinski definition) is 3. The van der Waals surface area contributed by atoms with Crippen molar-refractivity contribution in [2.24, 2.45) is 11.8 Å². The average molecular weight is 318 g/mol. The third kappa shape index (κ3) is 3.40. The van der Waals surface area contributed by atoms with Crippen molar-refractivity contribution in [2.75, 3.05) is 13.1 Å². The van der Waals surface area contributed by atoms with Crippen LogP contribution in [0.5, 0.6) is 0 Å². The van der Waals surface area contributed by atoms with E-state index in [9.17, 15) is 18.3 Å². The van der Waals surface area contributed by atoms with Crippen LogP contribution in [0.25, 0.3) is 0 Å². The van der Waals surface area contributed by atoms with Crippen LogP contribution in [0.4, 0.5) is 0 Å². The van der Waals surface area contributed by atoms with E-state index in [0.29, 0.717) is 25.4 Å². The Bertz CT molecular complexity index is 493. The monoisotopic (exact) mass is 318 g/mol. The van der Waals surface area contributed by atoms with Crippen molar-refractivity contribution in [1.82, 2.24) is 9.03 Å². The number of nitrogens with one attached hydrogen (secondary N) is 1. The molecule has 0 amide bonds. The van der Waals surface area contributed by atoms with E-state index in [0.717, 1.165) is 32.1 Å². The molecule has 1 saturated heterocycles. The predicted octanol–water partition coefficient (Wildman–Crippen LogP) is 1.59. The first-order valence-electron chi connectivity index (χ1n) is 7.80. The Labute approximate surface area is 127 Å². The molecular formula is C14H26N2O4S. The molecule has 0 bridgehead atoms. The lowest BCUT2D eigenvalue weighted by atomic mass is 9.74. The maximum absolute atomic E-state index is 12.6. The fourth-order valence-corrected chi connectivity index (χ4v) is 5.32. The van der Waals surface area contributed by atoms with Crippen LogP contribution in [0.3, 0.4) is 0 Å². The van der Waals surface area contributed by atoms with E-state index < -0.39 is 21.7 Å². The second-order valence-electron chi connectivity index (χ2n) is 6.64. The SMILES string of the molecule is CC1CCCN(S(=O)(=O)NC2(C(=O)O)CCCCC2C)C1. The molecule has 0 radical (unpaired) electrons. The summed E-state index contributed by atoms with van der Waals surface area (Å²) in [5.74, 6) is -0.927. The number of rotatable bonds is 4. The normalized spacial score (nSPS) is 35.5. The smallest absolute Gasteiger partial charge is 0.325 e. The van der Waals surface area contributed by atoms with Gasteiger partial charge in [-0.3, -0.25) is 4.79 Å². The van der Waals surface area contributed by atoms with Crippen molar-refractivity contribution >= 4 is 16.2 Å². The first-order valence-corrected chi connectivity index (χ1v) is 9.24. The highest BCUT2D eigenvalue weighted by atomic mass is 32.2. The Hall–Kier alpha value is -0.660. The van der Waals surface area contributed by atoms with E-state index in [-0.39, 0.29) is 5.92 Å². The quantitative estimate of drug-likeness (QED) is 0.824. The number of piperidine rings is 1. The van der Waals surface area contributed by atoms with Gasteiger partial charge in [-0.05, 0) is 37.5 Å². The minimum absolute atomic E-state index is 0.194. The summed E-state index contributed by atoms with van der Waals surface area (Å²) in [6, 6.07) is 0. The van der Waals surface area contributed by atoms with Gasteiger partial charge in [0.1, 0.15) is 5.54 Å². The fourth-order valence-electron chi connectivity index (χ4n) is 3.52. The number of hydrogen-bond donors (Lipinski definition) is 2. The van der Waals surface area contributed by atoms with E-state index >= 15 is 0 Å². The summed E-state index contributed by atoms with van der Waals surface area (Å²) in [6.45, 7) is 4.80. The molecular weight excluding hydrogens is 292 g/mol. The zero-order valence-corrected chi connectivity index (χ0v) is 13.7. The predicted molar refractivity (Wildman–Crippen MR) is 80.0 cm³/mol. The molecule has 2 aliphatic rings. The molecule has 21 heavy (non-hydrogen) atoms. The van der Waals surface area contributed by atoms with Gasteiger partial charge in [-0.15, -0.1) is 0 Å². The number of nitrogens with zero attached hydrogens (tertiary/aromatic N) is 1. The standard InChI is InChI=1S/C14H26N2O4S/c1-11-6-5-9-16(10-11)21(19,20)15-14(13(17)18)8-4-3-7-12(14)2/h11-12,15H,3-10H2,1-2H3,(H,17,18). The molecule has 2 rings (SSSR count). The molecule has 0 aromatic carbocycles. The van der Waals surface area contributed by atoms with Gasteiger partial charge in [0.15, 0.2) is 0 Å². The first-order chi connectivity index (χ1) is 9.78. The first kappa shape index (κ1) is 16.7. The minimum atomic E-state index is -3.75. The zero-order chi connectivity index (χ0) is 15.7. The second-order valence-corrected chi connectivity index (χ2v) is 8.31. The van der Waals surface area contributed by atoms with E-state index in [4.69, 9.17) is 0 Å². The van der Waals surface area contributed by atoms with Gasteiger partial charge in [0.05, 0.1) is 0 Å². The summed E-state index contributed by atoms with van der Waals surface area (Å²) < 4.78 is 29.2. The maximum atomic E-state index is 12.6. The van der Waals surface area contributed by atoms with Crippen LogP contribution in [-0.4, -0.2) is 42.4 Å². The van der Waals surface area contributed by atoms with Crippen molar-refractivity contribution in [3.05, 3.63) is 0 Å². The molecule has 3 unspecified atom stereocenters. The Balaban J connectivity index is 2.21. The molecule has 0 aromatic heterocycles. The van der Waals surface area contributed by atoms with Crippen molar-refractivity contribution in [3.63, 3.8) is 0 Å². The molecule has 0 spiro atoms. The second kappa shape index (κ2) is 6.22. The number of carboxylic acids is 1. The highest BCUT2D eigenvalue weighted by molar-refractivity contribution is 7.87. The fraction of sp³-hybridized carbons (Fsp3) is 0.929. The third-order valence-electron chi connectivity index (χ3n) is 4.95. The molecule has 1 aliphatic heterocycles. The van der Waals surface area contributed by atoms with Gasteiger partial charge < -0.3 is 5.11 Å². The topological polar surface area (TPSA) is 86.7 Å². The molecule has 2 N–H and O–H groups in total. The van der Waals surface area contributed by atoms with Gasteiger partial charge >= 0.3 is 5.97 Å². The summed E-state index contributed by atoms with van der Waals surface area (Å²) in [7, 11) is -3.75. The summed E-state index contributed by atoms with van der Waals surface area (Å²) in [6.07, 6.45) is 4.66. The highest BCUT2D eigenvalue weighted by Gasteiger charge is 2.49. The lowest BCUT2D eigenvalue weighted by Gasteiger charge is -2.41.